The summed E-state index contributed by atoms with van der Waals surface area (Å²) >= 11 is 0. The fourth-order valence-electron chi connectivity index (χ4n) is 3.03. The Morgan fingerprint density at radius 3 is 2.00 bits per heavy atom. The van der Waals surface area contributed by atoms with Crippen molar-refractivity contribution >= 4 is 23.2 Å². The summed E-state index contributed by atoms with van der Waals surface area (Å²) in [5.74, 6) is 0.331. The van der Waals surface area contributed by atoms with Crippen LogP contribution >= 0.6 is 0 Å². The van der Waals surface area contributed by atoms with Crippen LogP contribution in [0.5, 0.6) is 11.5 Å². The van der Waals surface area contributed by atoms with E-state index in [0.717, 1.165) is 5.69 Å². The Balaban J connectivity index is 1.38. The maximum absolute atomic E-state index is 12.6. The van der Waals surface area contributed by atoms with Crippen molar-refractivity contribution in [3.8, 4) is 11.5 Å². The molecular formula is C23H20N2O3. The van der Waals surface area contributed by atoms with Crippen LogP contribution < -0.4 is 15.4 Å². The number of carbonyl (C=O) groups is 2. The fraction of sp³-hybridized carbons (Fsp3) is 0.130. The predicted molar refractivity (Wildman–Crippen MR) is 108 cm³/mol. The third-order valence-electron chi connectivity index (χ3n) is 4.62. The van der Waals surface area contributed by atoms with E-state index in [1.165, 1.54) is 0 Å². The molecule has 0 aromatic heterocycles. The summed E-state index contributed by atoms with van der Waals surface area (Å²) in [6.45, 7) is 0. The molecule has 0 saturated heterocycles. The average Bonchev–Trinajstić information content (AvgIpc) is 3.52. The molecule has 1 fully saturated rings. The summed E-state index contributed by atoms with van der Waals surface area (Å²) in [5, 5.41) is 5.75. The molecule has 4 rings (SSSR count). The highest BCUT2D eigenvalue weighted by atomic mass is 16.5. The highest BCUT2D eigenvalue weighted by Crippen LogP contribution is 2.41. The normalized spacial score (nSPS) is 17.4. The number of hydrogen-bond acceptors (Lipinski definition) is 3. The highest BCUT2D eigenvalue weighted by Gasteiger charge is 2.48. The first-order valence-corrected chi connectivity index (χ1v) is 9.19. The van der Waals surface area contributed by atoms with Gasteiger partial charge in [-0.3, -0.25) is 9.59 Å². The quantitative estimate of drug-likeness (QED) is 0.659. The molecule has 2 unspecified atom stereocenters. The molecule has 140 valence electrons. The van der Waals surface area contributed by atoms with Gasteiger partial charge in [-0.1, -0.05) is 48.5 Å². The second-order valence-corrected chi connectivity index (χ2v) is 6.70. The molecule has 3 aromatic carbocycles. The fourth-order valence-corrected chi connectivity index (χ4v) is 3.03. The van der Waals surface area contributed by atoms with E-state index < -0.39 is 0 Å². The zero-order valence-electron chi connectivity index (χ0n) is 15.2. The number of amides is 2. The highest BCUT2D eigenvalue weighted by molar-refractivity contribution is 6.03. The molecule has 5 nitrogen and oxygen atoms in total. The lowest BCUT2D eigenvalue weighted by atomic mass is 10.2. The van der Waals surface area contributed by atoms with Crippen LogP contribution in [0.4, 0.5) is 11.4 Å². The summed E-state index contributed by atoms with van der Waals surface area (Å²) in [6, 6.07) is 25.9. The van der Waals surface area contributed by atoms with E-state index in [1.54, 1.807) is 12.1 Å². The molecule has 2 atom stereocenters. The van der Waals surface area contributed by atoms with Crippen molar-refractivity contribution in [3.05, 3.63) is 84.9 Å². The Morgan fingerprint density at radius 2 is 1.29 bits per heavy atom. The monoisotopic (exact) mass is 372 g/mol. The van der Waals surface area contributed by atoms with Gasteiger partial charge < -0.3 is 15.4 Å². The van der Waals surface area contributed by atoms with Gasteiger partial charge in [-0.25, -0.2) is 0 Å². The van der Waals surface area contributed by atoms with Gasteiger partial charge in [-0.15, -0.1) is 0 Å². The molecule has 3 aromatic rings. The number of para-hydroxylation sites is 4. The van der Waals surface area contributed by atoms with E-state index in [1.807, 2.05) is 72.8 Å². The summed E-state index contributed by atoms with van der Waals surface area (Å²) in [5.41, 5.74) is 1.32. The van der Waals surface area contributed by atoms with Crippen LogP contribution in [0.25, 0.3) is 0 Å². The SMILES string of the molecule is O=C(Nc1ccccc1)C1CC1C(=O)Nc1ccccc1Oc1ccccc1. The van der Waals surface area contributed by atoms with Gasteiger partial charge in [0.15, 0.2) is 5.75 Å². The molecule has 1 aliphatic carbocycles. The molecule has 0 bridgehead atoms. The number of carbonyl (C=O) groups excluding carboxylic acids is 2. The van der Waals surface area contributed by atoms with Crippen LogP contribution in [0, 0.1) is 11.8 Å². The first kappa shape index (κ1) is 17.8. The van der Waals surface area contributed by atoms with Crippen molar-refractivity contribution in [2.24, 2.45) is 11.8 Å². The van der Waals surface area contributed by atoms with Gasteiger partial charge in [0.25, 0.3) is 0 Å². The molecule has 2 amide bonds. The van der Waals surface area contributed by atoms with Crippen LogP contribution in [-0.4, -0.2) is 11.8 Å². The smallest absolute Gasteiger partial charge is 0.228 e. The number of hydrogen-bond donors (Lipinski definition) is 2. The van der Waals surface area contributed by atoms with Gasteiger partial charge in [0.1, 0.15) is 5.75 Å². The molecule has 0 aliphatic heterocycles. The number of benzene rings is 3. The summed E-state index contributed by atoms with van der Waals surface area (Å²) in [4.78, 5) is 24.9. The Bertz CT molecular complexity index is 973. The second-order valence-electron chi connectivity index (χ2n) is 6.70. The molecule has 1 saturated carbocycles. The van der Waals surface area contributed by atoms with Crippen LogP contribution in [0.3, 0.4) is 0 Å². The number of rotatable bonds is 6. The Labute approximate surface area is 163 Å². The predicted octanol–water partition coefficient (Wildman–Crippen LogP) is 4.69. The molecule has 0 heterocycles. The number of ether oxygens (including phenoxy) is 1. The number of nitrogens with one attached hydrogen (secondary N) is 2. The number of anilines is 2. The third kappa shape index (κ3) is 4.20. The van der Waals surface area contributed by atoms with E-state index >= 15 is 0 Å². The topological polar surface area (TPSA) is 67.4 Å². The standard InChI is InChI=1S/C23H20N2O3/c26-22(24-16-9-3-1-4-10-16)18-15-19(18)23(27)25-20-13-7-8-14-21(20)28-17-11-5-2-6-12-17/h1-14,18-19H,15H2,(H,24,26)(H,25,27). The zero-order valence-corrected chi connectivity index (χ0v) is 15.2. The van der Waals surface area contributed by atoms with Crippen molar-refractivity contribution in [2.75, 3.05) is 10.6 Å². The van der Waals surface area contributed by atoms with E-state index in [-0.39, 0.29) is 23.7 Å². The largest absolute Gasteiger partial charge is 0.455 e. The van der Waals surface area contributed by atoms with Crippen LogP contribution in [0.2, 0.25) is 0 Å². The molecule has 0 radical (unpaired) electrons. The van der Waals surface area contributed by atoms with E-state index in [2.05, 4.69) is 10.6 Å². The van der Waals surface area contributed by atoms with Crippen molar-refractivity contribution < 1.29 is 14.3 Å². The zero-order chi connectivity index (χ0) is 19.3. The molecule has 2 N–H and O–H groups in total. The minimum absolute atomic E-state index is 0.125. The maximum atomic E-state index is 12.6. The van der Waals surface area contributed by atoms with Crippen molar-refractivity contribution in [1.29, 1.82) is 0 Å². The van der Waals surface area contributed by atoms with E-state index in [0.29, 0.717) is 23.6 Å². The molecule has 28 heavy (non-hydrogen) atoms. The average molecular weight is 372 g/mol. The van der Waals surface area contributed by atoms with Crippen LogP contribution in [-0.2, 0) is 9.59 Å². The lowest BCUT2D eigenvalue weighted by Crippen LogP contribution is -2.20. The lowest BCUT2D eigenvalue weighted by molar-refractivity contribution is -0.122. The molecule has 1 aliphatic rings. The first-order chi connectivity index (χ1) is 13.7. The van der Waals surface area contributed by atoms with Crippen LogP contribution in [0.15, 0.2) is 84.9 Å². The van der Waals surface area contributed by atoms with E-state index in [4.69, 9.17) is 4.74 Å². The van der Waals surface area contributed by atoms with Gasteiger partial charge in [-0.05, 0) is 42.8 Å². The minimum atomic E-state index is -0.325. The summed E-state index contributed by atoms with van der Waals surface area (Å²) < 4.78 is 5.87. The Morgan fingerprint density at radius 1 is 0.714 bits per heavy atom. The molecule has 5 heteroatoms. The van der Waals surface area contributed by atoms with Gasteiger partial charge in [0.05, 0.1) is 17.5 Å². The van der Waals surface area contributed by atoms with Crippen molar-refractivity contribution in [1.82, 2.24) is 0 Å². The second kappa shape index (κ2) is 7.96. The van der Waals surface area contributed by atoms with Gasteiger partial charge in [0.2, 0.25) is 11.8 Å². The molecule has 0 spiro atoms. The first-order valence-electron chi connectivity index (χ1n) is 9.19. The minimum Gasteiger partial charge on any atom is -0.455 e. The summed E-state index contributed by atoms with van der Waals surface area (Å²) in [6.07, 6.45) is 0.548. The van der Waals surface area contributed by atoms with Gasteiger partial charge in [0, 0.05) is 5.69 Å². The maximum Gasteiger partial charge on any atom is 0.228 e. The van der Waals surface area contributed by atoms with Crippen LogP contribution in [0.1, 0.15) is 6.42 Å². The van der Waals surface area contributed by atoms with Gasteiger partial charge >= 0.3 is 0 Å². The summed E-state index contributed by atoms with van der Waals surface area (Å²) in [7, 11) is 0. The molecular weight excluding hydrogens is 352 g/mol. The van der Waals surface area contributed by atoms with E-state index in [9.17, 15) is 9.59 Å². The Hall–Kier alpha value is -3.60. The van der Waals surface area contributed by atoms with Crippen molar-refractivity contribution in [3.63, 3.8) is 0 Å². The lowest BCUT2D eigenvalue weighted by Gasteiger charge is -2.12. The Kier molecular flexibility index (Phi) is 5.06. The van der Waals surface area contributed by atoms with Crippen molar-refractivity contribution in [2.45, 2.75) is 6.42 Å². The third-order valence-corrected chi connectivity index (χ3v) is 4.62. The van der Waals surface area contributed by atoms with Gasteiger partial charge in [-0.2, -0.15) is 0 Å².